The molecule has 2 aromatic rings. The zero-order chi connectivity index (χ0) is 20.9. The van der Waals surface area contributed by atoms with Crippen LogP contribution in [-0.2, 0) is 10.2 Å². The van der Waals surface area contributed by atoms with Crippen LogP contribution in [0.4, 0.5) is 10.1 Å². The molecule has 1 N–H and O–H groups in total. The lowest BCUT2D eigenvalue weighted by Gasteiger charge is -2.36. The van der Waals surface area contributed by atoms with Gasteiger partial charge in [0.15, 0.2) is 0 Å². The zero-order valence-electron chi connectivity index (χ0n) is 17.0. The molecule has 5 heteroatoms. The van der Waals surface area contributed by atoms with Gasteiger partial charge in [0.1, 0.15) is 17.6 Å². The number of nitrogens with one attached hydrogen (secondary N) is 1. The van der Waals surface area contributed by atoms with Crippen LogP contribution in [0.3, 0.4) is 0 Å². The number of carbonyl (C=O) groups excluding carboxylic acids is 1. The molecule has 3 rings (SSSR count). The highest BCUT2D eigenvalue weighted by Gasteiger charge is 2.43. The van der Waals surface area contributed by atoms with Crippen LogP contribution < -0.4 is 10.1 Å². The van der Waals surface area contributed by atoms with Crippen molar-refractivity contribution in [1.82, 2.24) is 0 Å². The molecule has 0 saturated heterocycles. The number of nitrogens with zero attached hydrogens (tertiary/aromatic N) is 1. The molecule has 1 amide bonds. The summed E-state index contributed by atoms with van der Waals surface area (Å²) in [6.45, 7) is 4.64. The molecular formula is C24H27FN2O2. The minimum atomic E-state index is -0.914. The lowest BCUT2D eigenvalue weighted by Crippen LogP contribution is -2.42. The Morgan fingerprint density at radius 3 is 2.59 bits per heavy atom. The largest absolute Gasteiger partial charge is 0.493 e. The van der Waals surface area contributed by atoms with Gasteiger partial charge in [-0.3, -0.25) is 4.79 Å². The fourth-order valence-electron chi connectivity index (χ4n) is 3.94. The van der Waals surface area contributed by atoms with Gasteiger partial charge < -0.3 is 10.1 Å². The monoisotopic (exact) mass is 394 g/mol. The Hall–Kier alpha value is -2.87. The second-order valence-corrected chi connectivity index (χ2v) is 8.10. The van der Waals surface area contributed by atoms with Crippen molar-refractivity contribution >= 4 is 11.6 Å². The number of nitriles is 1. The van der Waals surface area contributed by atoms with Crippen LogP contribution in [0.1, 0.15) is 57.1 Å². The minimum Gasteiger partial charge on any atom is -0.493 e. The summed E-state index contributed by atoms with van der Waals surface area (Å²) < 4.78 is 20.3. The fraction of sp³-hybridized carbons (Fsp3) is 0.417. The van der Waals surface area contributed by atoms with E-state index in [9.17, 15) is 14.4 Å². The van der Waals surface area contributed by atoms with E-state index in [1.54, 1.807) is 36.4 Å². The number of amides is 1. The van der Waals surface area contributed by atoms with Crippen molar-refractivity contribution in [3.8, 4) is 11.8 Å². The van der Waals surface area contributed by atoms with E-state index >= 15 is 0 Å². The van der Waals surface area contributed by atoms with Gasteiger partial charge in [-0.1, -0.05) is 51.3 Å². The summed E-state index contributed by atoms with van der Waals surface area (Å²) in [5, 5.41) is 12.5. The number of hydrogen-bond acceptors (Lipinski definition) is 3. The second kappa shape index (κ2) is 9.09. The van der Waals surface area contributed by atoms with Crippen molar-refractivity contribution in [1.29, 1.82) is 5.26 Å². The van der Waals surface area contributed by atoms with Crippen molar-refractivity contribution in [2.45, 2.75) is 51.4 Å². The Kier molecular flexibility index (Phi) is 6.53. The van der Waals surface area contributed by atoms with Gasteiger partial charge in [0.25, 0.3) is 0 Å². The molecular weight excluding hydrogens is 367 g/mol. The molecule has 0 bridgehead atoms. The standard InChI is InChI=1S/C24H27FN2O2/c1-17(2)16-29-19-10-11-22(18(14-19)15-26)27-23(28)24(12-6-3-7-13-24)20-8-4-5-9-21(20)25/h4-5,8-11,14,17H,3,6-7,12-13,16H2,1-2H3,(H,27,28). The van der Waals surface area contributed by atoms with E-state index in [-0.39, 0.29) is 11.7 Å². The molecule has 1 aliphatic rings. The van der Waals surface area contributed by atoms with Gasteiger partial charge in [-0.15, -0.1) is 0 Å². The number of halogens is 1. The maximum Gasteiger partial charge on any atom is 0.235 e. The Balaban J connectivity index is 1.89. The lowest BCUT2D eigenvalue weighted by molar-refractivity contribution is -0.122. The van der Waals surface area contributed by atoms with Gasteiger partial charge in [0, 0.05) is 5.56 Å². The predicted molar refractivity (Wildman–Crippen MR) is 111 cm³/mol. The van der Waals surface area contributed by atoms with Crippen LogP contribution in [0.2, 0.25) is 0 Å². The third kappa shape index (κ3) is 4.59. The first-order valence-corrected chi connectivity index (χ1v) is 10.2. The topological polar surface area (TPSA) is 62.1 Å². The van der Waals surface area contributed by atoms with Gasteiger partial charge >= 0.3 is 0 Å². The Morgan fingerprint density at radius 2 is 1.93 bits per heavy atom. The van der Waals surface area contributed by atoms with Crippen LogP contribution in [0.15, 0.2) is 42.5 Å². The van der Waals surface area contributed by atoms with Crippen molar-refractivity contribution in [2.24, 2.45) is 5.92 Å². The SMILES string of the molecule is CC(C)COc1ccc(NC(=O)C2(c3ccccc3F)CCCCC2)c(C#N)c1. The molecule has 0 spiro atoms. The van der Waals surface area contributed by atoms with E-state index in [1.807, 2.05) is 13.8 Å². The first-order valence-electron chi connectivity index (χ1n) is 10.2. The molecule has 4 nitrogen and oxygen atoms in total. The summed E-state index contributed by atoms with van der Waals surface area (Å²) in [5.41, 5.74) is 0.283. The normalized spacial score (nSPS) is 15.6. The Bertz CT molecular complexity index is 911. The number of hydrogen-bond donors (Lipinski definition) is 1. The van der Waals surface area contributed by atoms with E-state index in [4.69, 9.17) is 4.74 Å². The fourth-order valence-corrected chi connectivity index (χ4v) is 3.94. The summed E-state index contributed by atoms with van der Waals surface area (Å²) in [7, 11) is 0. The number of rotatable bonds is 6. The molecule has 152 valence electrons. The molecule has 0 aliphatic heterocycles. The van der Waals surface area contributed by atoms with Crippen LogP contribution in [0, 0.1) is 23.1 Å². The van der Waals surface area contributed by atoms with Crippen LogP contribution in [-0.4, -0.2) is 12.5 Å². The Morgan fingerprint density at radius 1 is 1.21 bits per heavy atom. The van der Waals surface area contributed by atoms with E-state index in [0.29, 0.717) is 47.9 Å². The van der Waals surface area contributed by atoms with Crippen molar-refractivity contribution in [3.05, 3.63) is 59.4 Å². The molecule has 0 aromatic heterocycles. The number of ether oxygens (including phenoxy) is 1. The zero-order valence-corrected chi connectivity index (χ0v) is 17.0. The van der Waals surface area contributed by atoms with Crippen molar-refractivity contribution in [3.63, 3.8) is 0 Å². The van der Waals surface area contributed by atoms with Crippen LogP contribution >= 0.6 is 0 Å². The summed E-state index contributed by atoms with van der Waals surface area (Å²) in [6, 6.07) is 13.7. The molecule has 0 radical (unpaired) electrons. The summed E-state index contributed by atoms with van der Waals surface area (Å²) >= 11 is 0. The number of anilines is 1. The highest BCUT2D eigenvalue weighted by Crippen LogP contribution is 2.41. The van der Waals surface area contributed by atoms with Gasteiger partial charge in [-0.2, -0.15) is 5.26 Å². The van der Waals surface area contributed by atoms with Gasteiger partial charge in [0.05, 0.1) is 23.3 Å². The van der Waals surface area contributed by atoms with Crippen molar-refractivity contribution < 1.29 is 13.9 Å². The number of benzene rings is 2. The molecule has 0 atom stereocenters. The smallest absolute Gasteiger partial charge is 0.235 e. The first kappa shape index (κ1) is 20.9. The highest BCUT2D eigenvalue weighted by molar-refractivity contribution is 6.00. The third-order valence-electron chi connectivity index (χ3n) is 5.47. The number of carbonyl (C=O) groups is 1. The van der Waals surface area contributed by atoms with Crippen LogP contribution in [0.5, 0.6) is 5.75 Å². The van der Waals surface area contributed by atoms with E-state index in [0.717, 1.165) is 19.3 Å². The summed E-state index contributed by atoms with van der Waals surface area (Å²) in [5.74, 6) is 0.346. The molecule has 2 aromatic carbocycles. The van der Waals surface area contributed by atoms with E-state index < -0.39 is 5.41 Å². The minimum absolute atomic E-state index is 0.255. The van der Waals surface area contributed by atoms with Gasteiger partial charge in [-0.25, -0.2) is 4.39 Å². The average Bonchev–Trinajstić information content (AvgIpc) is 2.73. The highest BCUT2D eigenvalue weighted by atomic mass is 19.1. The maximum absolute atomic E-state index is 14.6. The Labute approximate surface area is 171 Å². The van der Waals surface area contributed by atoms with Gasteiger partial charge in [-0.05, 0) is 43.0 Å². The molecule has 0 heterocycles. The molecule has 1 aliphatic carbocycles. The molecule has 29 heavy (non-hydrogen) atoms. The van der Waals surface area contributed by atoms with Crippen molar-refractivity contribution in [2.75, 3.05) is 11.9 Å². The molecule has 1 saturated carbocycles. The average molecular weight is 394 g/mol. The van der Waals surface area contributed by atoms with Crippen LogP contribution in [0.25, 0.3) is 0 Å². The predicted octanol–water partition coefficient (Wildman–Crippen LogP) is 5.57. The van der Waals surface area contributed by atoms with Gasteiger partial charge in [0.2, 0.25) is 5.91 Å². The quantitative estimate of drug-likeness (QED) is 0.696. The summed E-state index contributed by atoms with van der Waals surface area (Å²) in [4.78, 5) is 13.4. The lowest BCUT2D eigenvalue weighted by atomic mass is 9.68. The first-order chi connectivity index (χ1) is 14.0. The second-order valence-electron chi connectivity index (χ2n) is 8.10. The molecule has 1 fully saturated rings. The summed E-state index contributed by atoms with van der Waals surface area (Å²) in [6.07, 6.45) is 3.97. The molecule has 0 unspecified atom stereocenters. The van der Waals surface area contributed by atoms with E-state index in [1.165, 1.54) is 6.07 Å². The van der Waals surface area contributed by atoms with E-state index in [2.05, 4.69) is 11.4 Å². The third-order valence-corrected chi connectivity index (χ3v) is 5.47. The maximum atomic E-state index is 14.6.